The van der Waals surface area contributed by atoms with Gasteiger partial charge in [-0.2, -0.15) is 0 Å². The van der Waals surface area contributed by atoms with Crippen molar-refractivity contribution in [1.82, 2.24) is 0 Å². The molecule has 2 spiro atoms. The van der Waals surface area contributed by atoms with Crippen LogP contribution in [0, 0.1) is 22.7 Å². The molecule has 8 atom stereocenters. The molecule has 5 nitrogen and oxygen atoms in total. The SMILES string of the molecule is CO[C@@]12CCC3(CC1[C@](C)(O)C(C)(C)C)[C@H]1Cc4ccc(O)c5c4[C@@]3(CC[N+]1(C)CC1CC1)C2O5. The van der Waals surface area contributed by atoms with Crippen molar-refractivity contribution >= 4 is 0 Å². The monoisotopic (exact) mass is 482 g/mol. The van der Waals surface area contributed by atoms with E-state index in [4.69, 9.17) is 9.47 Å². The third-order valence-electron chi connectivity index (χ3n) is 12.6. The molecule has 1 saturated heterocycles. The predicted octanol–water partition coefficient (Wildman–Crippen LogP) is 4.56. The first kappa shape index (κ1) is 22.9. The van der Waals surface area contributed by atoms with Gasteiger partial charge in [-0.25, -0.2) is 0 Å². The number of rotatable bonds is 4. The Morgan fingerprint density at radius 3 is 2.54 bits per heavy atom. The molecule has 35 heavy (non-hydrogen) atoms. The second-order valence-corrected chi connectivity index (χ2v) is 14.7. The maximum absolute atomic E-state index is 12.3. The molecular formula is C30H44NO4+. The molecule has 2 N–H and O–H groups in total. The molecule has 5 heteroatoms. The average molecular weight is 483 g/mol. The summed E-state index contributed by atoms with van der Waals surface area (Å²) in [5.74, 6) is 1.83. The van der Waals surface area contributed by atoms with E-state index in [9.17, 15) is 10.2 Å². The van der Waals surface area contributed by atoms with Crippen molar-refractivity contribution in [2.24, 2.45) is 22.7 Å². The highest BCUT2D eigenvalue weighted by atomic mass is 16.6. The zero-order chi connectivity index (χ0) is 24.8. The lowest BCUT2D eigenvalue weighted by Crippen LogP contribution is -2.85. The number of likely N-dealkylation sites (tertiary alicyclic amines) is 1. The van der Waals surface area contributed by atoms with Crippen LogP contribution in [0.5, 0.6) is 11.5 Å². The number of phenolic OH excluding ortho intramolecular Hbond substituents is 1. The van der Waals surface area contributed by atoms with E-state index in [1.165, 1.54) is 30.5 Å². The number of phenols is 1. The lowest BCUT2D eigenvalue weighted by atomic mass is 9.33. The van der Waals surface area contributed by atoms with E-state index in [-0.39, 0.29) is 34.0 Å². The van der Waals surface area contributed by atoms with Crippen LogP contribution in [0.3, 0.4) is 0 Å². The molecule has 7 aliphatic rings. The van der Waals surface area contributed by atoms with Crippen LogP contribution in [0.4, 0.5) is 0 Å². The first-order valence-corrected chi connectivity index (χ1v) is 14.0. The Morgan fingerprint density at radius 1 is 1.14 bits per heavy atom. The van der Waals surface area contributed by atoms with Gasteiger partial charge in [0.25, 0.3) is 0 Å². The Kier molecular flexibility index (Phi) is 4.18. The normalized spacial score (nSPS) is 46.7. The quantitative estimate of drug-likeness (QED) is 0.618. The lowest BCUT2D eigenvalue weighted by molar-refractivity contribution is -0.952. The second kappa shape index (κ2) is 6.39. The molecule has 1 aromatic rings. The number of benzene rings is 1. The maximum Gasteiger partial charge on any atom is 0.165 e. The molecule has 1 aromatic carbocycles. The van der Waals surface area contributed by atoms with Gasteiger partial charge >= 0.3 is 0 Å². The highest BCUT2D eigenvalue weighted by molar-refractivity contribution is 5.63. The van der Waals surface area contributed by atoms with Gasteiger partial charge in [0.2, 0.25) is 0 Å². The topological polar surface area (TPSA) is 58.9 Å². The van der Waals surface area contributed by atoms with Crippen LogP contribution in [-0.4, -0.2) is 65.3 Å². The molecule has 2 heterocycles. The summed E-state index contributed by atoms with van der Waals surface area (Å²) in [5.41, 5.74) is 0.817. The van der Waals surface area contributed by atoms with Gasteiger partial charge in [-0.3, -0.25) is 0 Å². The van der Waals surface area contributed by atoms with Crippen molar-refractivity contribution in [3.8, 4) is 11.5 Å². The van der Waals surface area contributed by atoms with Crippen molar-refractivity contribution in [1.29, 1.82) is 0 Å². The number of aliphatic hydroxyl groups is 1. The van der Waals surface area contributed by atoms with E-state index in [0.717, 1.165) is 49.0 Å². The minimum absolute atomic E-state index is 0.0279. The van der Waals surface area contributed by atoms with Gasteiger partial charge < -0.3 is 24.2 Å². The van der Waals surface area contributed by atoms with Crippen LogP contribution < -0.4 is 4.74 Å². The molecule has 4 bridgehead atoms. The van der Waals surface area contributed by atoms with Gasteiger partial charge in [0.15, 0.2) is 11.5 Å². The summed E-state index contributed by atoms with van der Waals surface area (Å²) < 4.78 is 14.7. The molecular weight excluding hydrogens is 438 g/mol. The molecule has 192 valence electrons. The summed E-state index contributed by atoms with van der Waals surface area (Å²) >= 11 is 0. The van der Waals surface area contributed by atoms with Gasteiger partial charge in [0, 0.05) is 42.8 Å². The fourth-order valence-corrected chi connectivity index (χ4v) is 10.3. The maximum atomic E-state index is 12.3. The Balaban J connectivity index is 1.50. The summed E-state index contributed by atoms with van der Waals surface area (Å²) in [6.07, 6.45) is 7.74. The van der Waals surface area contributed by atoms with Gasteiger partial charge in [0.05, 0.1) is 37.2 Å². The third kappa shape index (κ3) is 2.38. The van der Waals surface area contributed by atoms with E-state index in [1.807, 2.05) is 20.1 Å². The van der Waals surface area contributed by atoms with E-state index in [2.05, 4.69) is 33.9 Å². The summed E-state index contributed by atoms with van der Waals surface area (Å²) in [4.78, 5) is 0. The second-order valence-electron chi connectivity index (χ2n) is 14.7. The summed E-state index contributed by atoms with van der Waals surface area (Å²) in [6, 6.07) is 4.55. The van der Waals surface area contributed by atoms with Gasteiger partial charge in [0.1, 0.15) is 11.7 Å². The van der Waals surface area contributed by atoms with Crippen LogP contribution in [0.15, 0.2) is 12.1 Å². The van der Waals surface area contributed by atoms with Crippen LogP contribution in [-0.2, 0) is 16.6 Å². The molecule has 4 unspecified atom stereocenters. The highest BCUT2D eigenvalue weighted by Gasteiger charge is 2.84. The van der Waals surface area contributed by atoms with Gasteiger partial charge in [-0.15, -0.1) is 0 Å². The smallest absolute Gasteiger partial charge is 0.165 e. The number of fused-ring (bicyclic) bond motifs is 2. The van der Waals surface area contributed by atoms with Crippen molar-refractivity contribution in [2.75, 3.05) is 27.2 Å². The van der Waals surface area contributed by atoms with Gasteiger partial charge in [-0.05, 0) is 56.1 Å². The molecule has 4 saturated carbocycles. The zero-order valence-corrected chi connectivity index (χ0v) is 22.5. The molecule has 8 rings (SSSR count). The van der Waals surface area contributed by atoms with Crippen LogP contribution >= 0.6 is 0 Å². The number of hydrogen-bond donors (Lipinski definition) is 2. The lowest BCUT2D eigenvalue weighted by Gasteiger charge is -2.75. The zero-order valence-electron chi connectivity index (χ0n) is 22.5. The van der Waals surface area contributed by atoms with E-state index in [0.29, 0.717) is 11.8 Å². The summed E-state index contributed by atoms with van der Waals surface area (Å²) in [7, 11) is 4.37. The Bertz CT molecular complexity index is 1100. The molecule has 0 amide bonds. The Labute approximate surface area is 210 Å². The molecule has 0 aromatic heterocycles. The minimum atomic E-state index is -0.910. The van der Waals surface area contributed by atoms with Crippen LogP contribution in [0.25, 0.3) is 0 Å². The van der Waals surface area contributed by atoms with E-state index in [1.54, 1.807) is 0 Å². The van der Waals surface area contributed by atoms with Crippen molar-refractivity contribution in [2.45, 2.75) is 101 Å². The number of piperidine rings is 1. The minimum Gasteiger partial charge on any atom is -0.504 e. The van der Waals surface area contributed by atoms with Gasteiger partial charge in [-0.1, -0.05) is 26.8 Å². The molecule has 2 aliphatic heterocycles. The first-order valence-electron chi connectivity index (χ1n) is 14.0. The van der Waals surface area contributed by atoms with E-state index < -0.39 is 11.2 Å². The fraction of sp³-hybridized carbons (Fsp3) is 0.800. The Hall–Kier alpha value is -1.30. The largest absolute Gasteiger partial charge is 0.504 e. The average Bonchev–Trinajstić information content (AvgIpc) is 3.52. The van der Waals surface area contributed by atoms with Crippen LogP contribution in [0.1, 0.15) is 77.3 Å². The fourth-order valence-electron chi connectivity index (χ4n) is 10.3. The number of likely N-dealkylation sites (N-methyl/N-ethyl adjacent to an activating group) is 1. The molecule has 5 aliphatic carbocycles. The number of nitrogens with zero attached hydrogens (tertiary/aromatic N) is 1. The molecule has 0 radical (unpaired) electrons. The number of hydrogen-bond acceptors (Lipinski definition) is 4. The van der Waals surface area contributed by atoms with Crippen LogP contribution in [0.2, 0.25) is 0 Å². The number of methoxy groups -OCH3 is 1. The summed E-state index contributed by atoms with van der Waals surface area (Å²) in [5, 5.41) is 23.3. The van der Waals surface area contributed by atoms with Crippen molar-refractivity contribution in [3.63, 3.8) is 0 Å². The first-order chi connectivity index (χ1) is 16.4. The highest BCUT2D eigenvalue weighted by Crippen LogP contribution is 2.78. The van der Waals surface area contributed by atoms with Crippen molar-refractivity contribution < 1.29 is 24.2 Å². The Morgan fingerprint density at radius 2 is 1.89 bits per heavy atom. The standard InChI is InChI=1S/C30H43NO4/c1-26(2,3)27(4,33)21-16-28-11-12-30(21,34-6)25-29(28)13-14-31(5,17-18-7-8-18)22(28)15-19-9-10-20(32)24(35-25)23(19)29/h9-10,18,21-22,25,33H,7-8,11-17H2,1-6H3/p+1/t21?,22-,25?,27+,28?,29+,30+,31?/m1/s1. The summed E-state index contributed by atoms with van der Waals surface area (Å²) in [6.45, 7) is 11.0. The predicted molar refractivity (Wildman–Crippen MR) is 135 cm³/mol. The number of aromatic hydroxyl groups is 1. The number of ether oxygens (including phenoxy) is 2. The number of quaternary nitrogens is 1. The van der Waals surface area contributed by atoms with E-state index >= 15 is 0 Å². The van der Waals surface area contributed by atoms with Crippen molar-refractivity contribution in [3.05, 3.63) is 23.3 Å². The molecule has 5 fully saturated rings. The third-order valence-corrected chi connectivity index (χ3v) is 12.6.